The molecule has 0 amide bonds. The fraction of sp³-hybridized carbons (Fsp3) is 0.429. The number of rotatable bonds is 6. The number of ether oxygens (including phenoxy) is 1. The maximum absolute atomic E-state index is 5.86. The Hall–Kier alpha value is -2.22. The highest BCUT2D eigenvalue weighted by atomic mass is 32.1. The second kappa shape index (κ2) is 8.43. The van der Waals surface area contributed by atoms with Gasteiger partial charge in [0, 0.05) is 43.9 Å². The summed E-state index contributed by atoms with van der Waals surface area (Å²) < 4.78 is 7.66. The summed E-state index contributed by atoms with van der Waals surface area (Å²) in [6, 6.07) is 10.5. The Morgan fingerprint density at radius 3 is 2.71 bits per heavy atom. The number of aromatic nitrogens is 3. The van der Waals surface area contributed by atoms with Crippen molar-refractivity contribution in [3.05, 3.63) is 53.2 Å². The standard InChI is InChI=1S/C21H27N5OS/c1-15-11-26(12-16(2)27-15)13-17-6-4-5-7-19(17)22-10-18-14-28-21(23-18)20-8-9-25(3)24-20/h4-9,14-16,22H,10-13H2,1-3H3. The summed E-state index contributed by atoms with van der Waals surface area (Å²) in [5.74, 6) is 0. The highest BCUT2D eigenvalue weighted by Crippen LogP contribution is 2.24. The third kappa shape index (κ3) is 4.60. The molecule has 2 unspecified atom stereocenters. The number of nitrogens with one attached hydrogen (secondary N) is 1. The van der Waals surface area contributed by atoms with Crippen LogP contribution in [0.3, 0.4) is 0 Å². The van der Waals surface area contributed by atoms with E-state index >= 15 is 0 Å². The molecule has 1 saturated heterocycles. The van der Waals surface area contributed by atoms with Crippen LogP contribution in [0, 0.1) is 0 Å². The minimum atomic E-state index is 0.281. The molecule has 3 aromatic rings. The summed E-state index contributed by atoms with van der Waals surface area (Å²) in [7, 11) is 1.92. The van der Waals surface area contributed by atoms with Crippen LogP contribution in [0.25, 0.3) is 10.7 Å². The fourth-order valence-corrected chi connectivity index (χ4v) is 4.49. The van der Waals surface area contributed by atoms with E-state index < -0.39 is 0 Å². The van der Waals surface area contributed by atoms with Crippen LogP contribution in [-0.4, -0.2) is 45.0 Å². The average molecular weight is 398 g/mol. The Balaban J connectivity index is 1.41. The zero-order chi connectivity index (χ0) is 19.5. The first kappa shape index (κ1) is 19.1. The summed E-state index contributed by atoms with van der Waals surface area (Å²) >= 11 is 1.64. The minimum absolute atomic E-state index is 0.281. The van der Waals surface area contributed by atoms with Gasteiger partial charge in [-0.15, -0.1) is 11.3 Å². The first-order valence-corrected chi connectivity index (χ1v) is 10.6. The quantitative estimate of drug-likeness (QED) is 0.686. The summed E-state index contributed by atoms with van der Waals surface area (Å²) in [5.41, 5.74) is 4.44. The van der Waals surface area contributed by atoms with Gasteiger partial charge in [0.25, 0.3) is 0 Å². The summed E-state index contributed by atoms with van der Waals surface area (Å²) in [4.78, 5) is 7.20. The maximum Gasteiger partial charge on any atom is 0.144 e. The van der Waals surface area contributed by atoms with Crippen LogP contribution in [0.4, 0.5) is 5.69 Å². The monoisotopic (exact) mass is 397 g/mol. The van der Waals surface area contributed by atoms with Gasteiger partial charge in [-0.1, -0.05) is 18.2 Å². The molecule has 0 spiro atoms. The molecule has 148 valence electrons. The normalized spacial score (nSPS) is 20.4. The molecule has 1 fully saturated rings. The van der Waals surface area contributed by atoms with Crippen molar-refractivity contribution in [1.82, 2.24) is 19.7 Å². The minimum Gasteiger partial charge on any atom is -0.379 e. The molecule has 0 bridgehead atoms. The molecule has 1 aliphatic heterocycles. The van der Waals surface area contributed by atoms with Crippen molar-refractivity contribution in [2.45, 2.75) is 39.1 Å². The van der Waals surface area contributed by atoms with Crippen LogP contribution < -0.4 is 5.32 Å². The van der Waals surface area contributed by atoms with Gasteiger partial charge in [0.2, 0.25) is 0 Å². The predicted molar refractivity (Wildman–Crippen MR) is 113 cm³/mol. The zero-order valence-corrected chi connectivity index (χ0v) is 17.4. The topological polar surface area (TPSA) is 55.2 Å². The third-order valence-corrected chi connectivity index (χ3v) is 5.76. The Labute approximate surface area is 170 Å². The second-order valence-electron chi connectivity index (χ2n) is 7.48. The Bertz CT molecular complexity index is 911. The fourth-order valence-electron chi connectivity index (χ4n) is 3.71. The smallest absolute Gasteiger partial charge is 0.144 e. The highest BCUT2D eigenvalue weighted by Gasteiger charge is 2.22. The first-order valence-electron chi connectivity index (χ1n) is 9.71. The SMILES string of the molecule is CC1CN(Cc2ccccc2NCc2csc(-c3ccn(C)n3)n2)CC(C)O1. The van der Waals surface area contributed by atoms with E-state index in [2.05, 4.69) is 58.8 Å². The third-order valence-electron chi connectivity index (χ3n) is 4.85. The van der Waals surface area contributed by atoms with Crippen molar-refractivity contribution in [2.24, 2.45) is 7.05 Å². The van der Waals surface area contributed by atoms with Crippen LogP contribution in [-0.2, 0) is 24.9 Å². The molecule has 3 heterocycles. The van der Waals surface area contributed by atoms with Crippen LogP contribution in [0.15, 0.2) is 41.9 Å². The maximum atomic E-state index is 5.86. The van der Waals surface area contributed by atoms with Crippen LogP contribution in [0.1, 0.15) is 25.1 Å². The van der Waals surface area contributed by atoms with Crippen molar-refractivity contribution >= 4 is 17.0 Å². The van der Waals surface area contributed by atoms with Crippen molar-refractivity contribution < 1.29 is 4.74 Å². The largest absolute Gasteiger partial charge is 0.379 e. The average Bonchev–Trinajstić information content (AvgIpc) is 3.29. The number of para-hydroxylation sites is 1. The molecule has 0 radical (unpaired) electrons. The van der Waals surface area contributed by atoms with Gasteiger partial charge >= 0.3 is 0 Å². The molecule has 28 heavy (non-hydrogen) atoms. The summed E-state index contributed by atoms with van der Waals surface area (Å²) in [6.45, 7) is 7.87. The molecular formula is C21H27N5OS. The molecule has 0 saturated carbocycles. The van der Waals surface area contributed by atoms with Crippen LogP contribution in [0.2, 0.25) is 0 Å². The predicted octanol–water partition coefficient (Wildman–Crippen LogP) is 3.76. The first-order chi connectivity index (χ1) is 13.6. The van der Waals surface area contributed by atoms with E-state index in [0.29, 0.717) is 6.54 Å². The number of benzene rings is 1. The van der Waals surface area contributed by atoms with Gasteiger partial charge in [-0.2, -0.15) is 5.10 Å². The van der Waals surface area contributed by atoms with E-state index in [0.717, 1.165) is 36.0 Å². The lowest BCUT2D eigenvalue weighted by molar-refractivity contribution is -0.0704. The lowest BCUT2D eigenvalue weighted by atomic mass is 10.1. The molecule has 1 aromatic carbocycles. The zero-order valence-electron chi connectivity index (χ0n) is 16.6. The molecule has 1 aliphatic rings. The van der Waals surface area contributed by atoms with Gasteiger partial charge in [0.05, 0.1) is 24.4 Å². The number of aryl methyl sites for hydroxylation is 1. The van der Waals surface area contributed by atoms with Gasteiger partial charge in [-0.25, -0.2) is 4.98 Å². The molecule has 6 nitrogen and oxygen atoms in total. The van der Waals surface area contributed by atoms with Crippen molar-refractivity contribution in [3.8, 4) is 10.7 Å². The van der Waals surface area contributed by atoms with Gasteiger partial charge in [0.15, 0.2) is 0 Å². The van der Waals surface area contributed by atoms with Crippen LogP contribution >= 0.6 is 11.3 Å². The Morgan fingerprint density at radius 1 is 1.18 bits per heavy atom. The van der Waals surface area contributed by atoms with Gasteiger partial charge in [-0.3, -0.25) is 9.58 Å². The van der Waals surface area contributed by atoms with Gasteiger partial charge < -0.3 is 10.1 Å². The molecule has 2 aromatic heterocycles. The molecular weight excluding hydrogens is 370 g/mol. The van der Waals surface area contributed by atoms with Crippen molar-refractivity contribution in [2.75, 3.05) is 18.4 Å². The number of thiazole rings is 1. The molecule has 4 rings (SSSR count). The molecule has 7 heteroatoms. The van der Waals surface area contributed by atoms with E-state index in [1.165, 1.54) is 11.3 Å². The van der Waals surface area contributed by atoms with Crippen molar-refractivity contribution in [3.63, 3.8) is 0 Å². The van der Waals surface area contributed by atoms with Gasteiger partial charge in [0.1, 0.15) is 10.7 Å². The molecule has 1 N–H and O–H groups in total. The molecule has 0 aliphatic carbocycles. The van der Waals surface area contributed by atoms with E-state index in [9.17, 15) is 0 Å². The number of morpholine rings is 1. The second-order valence-corrected chi connectivity index (χ2v) is 8.34. The number of hydrogen-bond acceptors (Lipinski definition) is 6. The summed E-state index contributed by atoms with van der Waals surface area (Å²) in [6.07, 6.45) is 2.51. The van der Waals surface area contributed by atoms with E-state index in [1.54, 1.807) is 16.0 Å². The molecule has 2 atom stereocenters. The lowest BCUT2D eigenvalue weighted by Crippen LogP contribution is -2.44. The van der Waals surface area contributed by atoms with Crippen molar-refractivity contribution in [1.29, 1.82) is 0 Å². The Morgan fingerprint density at radius 2 is 1.96 bits per heavy atom. The van der Waals surface area contributed by atoms with Gasteiger partial charge in [-0.05, 0) is 31.5 Å². The number of hydrogen-bond donors (Lipinski definition) is 1. The van der Waals surface area contributed by atoms with E-state index in [4.69, 9.17) is 9.72 Å². The highest BCUT2D eigenvalue weighted by molar-refractivity contribution is 7.13. The van der Waals surface area contributed by atoms with E-state index in [1.807, 2.05) is 19.3 Å². The Kier molecular flexibility index (Phi) is 5.75. The number of anilines is 1. The van der Waals surface area contributed by atoms with E-state index in [-0.39, 0.29) is 12.2 Å². The van der Waals surface area contributed by atoms with Crippen LogP contribution in [0.5, 0.6) is 0 Å². The lowest BCUT2D eigenvalue weighted by Gasteiger charge is -2.35. The summed E-state index contributed by atoms with van der Waals surface area (Å²) in [5, 5.41) is 11.1. The number of nitrogens with zero attached hydrogens (tertiary/aromatic N) is 4.